The zero-order valence-corrected chi connectivity index (χ0v) is 11.1. The van der Waals surface area contributed by atoms with Crippen LogP contribution >= 0.6 is 22.9 Å². The molecular formula is C14H11ClN2S. The second-order valence-corrected chi connectivity index (χ2v) is 5.27. The predicted molar refractivity (Wildman–Crippen MR) is 78.4 cm³/mol. The van der Waals surface area contributed by atoms with Crippen molar-refractivity contribution in [2.24, 2.45) is 0 Å². The van der Waals surface area contributed by atoms with E-state index >= 15 is 0 Å². The normalized spacial score (nSPS) is 10.7. The molecular weight excluding hydrogens is 264 g/mol. The molecule has 0 bridgehead atoms. The highest BCUT2D eigenvalue weighted by atomic mass is 35.5. The first-order valence-corrected chi connectivity index (χ1v) is 6.90. The molecule has 1 aromatic carbocycles. The van der Waals surface area contributed by atoms with Crippen LogP contribution in [0.15, 0.2) is 47.8 Å². The van der Waals surface area contributed by atoms with E-state index in [-0.39, 0.29) is 0 Å². The summed E-state index contributed by atoms with van der Waals surface area (Å²) in [6.07, 6.45) is 0. The Morgan fingerprint density at radius 2 is 2.00 bits per heavy atom. The van der Waals surface area contributed by atoms with Crippen LogP contribution in [0.2, 0.25) is 5.15 Å². The lowest BCUT2D eigenvalue weighted by Crippen LogP contribution is -1.99. The van der Waals surface area contributed by atoms with Crippen LogP contribution in [0.4, 0.5) is 5.69 Å². The zero-order valence-electron chi connectivity index (χ0n) is 9.56. The standard InChI is InChI=1S/C14H11ClN2S/c15-13-8-12(14-11(17-13)6-7-18-14)16-9-10-4-2-1-3-5-10/h1-8H,9H2,(H,16,17). The minimum absolute atomic E-state index is 0.525. The second kappa shape index (κ2) is 4.96. The number of anilines is 1. The molecule has 0 atom stereocenters. The van der Waals surface area contributed by atoms with E-state index in [9.17, 15) is 0 Å². The molecule has 90 valence electrons. The van der Waals surface area contributed by atoms with Crippen molar-refractivity contribution in [1.82, 2.24) is 4.98 Å². The van der Waals surface area contributed by atoms with Crippen LogP contribution in [0, 0.1) is 0 Å². The van der Waals surface area contributed by atoms with Crippen molar-refractivity contribution in [2.45, 2.75) is 6.54 Å². The minimum atomic E-state index is 0.525. The van der Waals surface area contributed by atoms with Crippen molar-refractivity contribution >= 4 is 38.8 Å². The molecule has 2 nitrogen and oxygen atoms in total. The highest BCUT2D eigenvalue weighted by Gasteiger charge is 2.05. The molecule has 3 aromatic rings. The zero-order chi connectivity index (χ0) is 12.4. The number of aromatic nitrogens is 1. The van der Waals surface area contributed by atoms with Gasteiger partial charge in [-0.1, -0.05) is 41.9 Å². The van der Waals surface area contributed by atoms with E-state index in [1.807, 2.05) is 35.7 Å². The van der Waals surface area contributed by atoms with Crippen LogP contribution in [0.25, 0.3) is 10.2 Å². The van der Waals surface area contributed by atoms with Gasteiger partial charge in [-0.25, -0.2) is 4.98 Å². The number of nitrogens with zero attached hydrogens (tertiary/aromatic N) is 1. The number of fused-ring (bicyclic) bond motifs is 1. The van der Waals surface area contributed by atoms with Gasteiger partial charge in [0.05, 0.1) is 15.9 Å². The van der Waals surface area contributed by atoms with Crippen LogP contribution in [-0.2, 0) is 6.54 Å². The third-order valence-electron chi connectivity index (χ3n) is 2.71. The van der Waals surface area contributed by atoms with E-state index in [1.54, 1.807) is 11.3 Å². The highest BCUT2D eigenvalue weighted by Crippen LogP contribution is 2.30. The molecule has 0 spiro atoms. The molecule has 0 fully saturated rings. The fraction of sp³-hybridized carbons (Fsp3) is 0.0714. The third kappa shape index (κ3) is 2.33. The van der Waals surface area contributed by atoms with E-state index in [4.69, 9.17) is 11.6 Å². The first-order valence-electron chi connectivity index (χ1n) is 5.64. The minimum Gasteiger partial charge on any atom is -0.380 e. The maximum Gasteiger partial charge on any atom is 0.131 e. The molecule has 2 heterocycles. The molecule has 0 aliphatic heterocycles. The quantitative estimate of drug-likeness (QED) is 0.708. The Morgan fingerprint density at radius 1 is 1.17 bits per heavy atom. The molecule has 2 aromatic heterocycles. The van der Waals surface area contributed by atoms with Gasteiger partial charge in [-0.05, 0) is 17.0 Å². The Balaban J connectivity index is 1.88. The van der Waals surface area contributed by atoms with Crippen molar-refractivity contribution in [3.8, 4) is 0 Å². The summed E-state index contributed by atoms with van der Waals surface area (Å²) in [7, 11) is 0. The molecule has 0 radical (unpaired) electrons. The molecule has 0 unspecified atom stereocenters. The lowest BCUT2D eigenvalue weighted by molar-refractivity contribution is 1.15. The van der Waals surface area contributed by atoms with Gasteiger partial charge in [0.1, 0.15) is 5.15 Å². The van der Waals surface area contributed by atoms with Gasteiger partial charge in [-0.15, -0.1) is 11.3 Å². The van der Waals surface area contributed by atoms with Crippen LogP contribution in [-0.4, -0.2) is 4.98 Å². The van der Waals surface area contributed by atoms with Gasteiger partial charge in [0.15, 0.2) is 0 Å². The summed E-state index contributed by atoms with van der Waals surface area (Å²) in [5, 5.41) is 5.97. The summed E-state index contributed by atoms with van der Waals surface area (Å²) in [6.45, 7) is 0.786. The molecule has 0 saturated carbocycles. The van der Waals surface area contributed by atoms with Crippen molar-refractivity contribution in [2.75, 3.05) is 5.32 Å². The highest BCUT2D eigenvalue weighted by molar-refractivity contribution is 7.17. The largest absolute Gasteiger partial charge is 0.380 e. The molecule has 1 N–H and O–H groups in total. The van der Waals surface area contributed by atoms with Gasteiger partial charge >= 0.3 is 0 Å². The Labute approximate surface area is 114 Å². The Morgan fingerprint density at radius 3 is 2.83 bits per heavy atom. The molecule has 0 aliphatic carbocycles. The number of pyridine rings is 1. The number of nitrogens with one attached hydrogen (secondary N) is 1. The lowest BCUT2D eigenvalue weighted by atomic mass is 10.2. The topological polar surface area (TPSA) is 24.9 Å². The van der Waals surface area contributed by atoms with E-state index in [0.717, 1.165) is 22.4 Å². The van der Waals surface area contributed by atoms with Gasteiger partial charge in [0, 0.05) is 12.6 Å². The fourth-order valence-corrected chi connectivity index (χ4v) is 2.87. The van der Waals surface area contributed by atoms with E-state index in [0.29, 0.717) is 5.15 Å². The molecule has 4 heteroatoms. The summed E-state index contributed by atoms with van der Waals surface area (Å²) in [4.78, 5) is 4.29. The Bertz CT molecular complexity index is 664. The molecule has 0 aliphatic rings. The fourth-order valence-electron chi connectivity index (χ4n) is 1.85. The predicted octanol–water partition coefficient (Wildman–Crippen LogP) is 4.56. The maximum atomic E-state index is 6.02. The first kappa shape index (κ1) is 11.5. The second-order valence-electron chi connectivity index (χ2n) is 3.97. The van der Waals surface area contributed by atoms with Crippen molar-refractivity contribution < 1.29 is 0 Å². The molecule has 3 rings (SSSR count). The summed E-state index contributed by atoms with van der Waals surface area (Å²) in [5.41, 5.74) is 3.24. The van der Waals surface area contributed by atoms with Gasteiger partial charge < -0.3 is 5.32 Å². The van der Waals surface area contributed by atoms with Crippen molar-refractivity contribution in [1.29, 1.82) is 0 Å². The Hall–Kier alpha value is -1.58. The molecule has 0 saturated heterocycles. The van der Waals surface area contributed by atoms with Gasteiger partial charge in [0.25, 0.3) is 0 Å². The van der Waals surface area contributed by atoms with Crippen LogP contribution in [0.1, 0.15) is 5.56 Å². The number of benzene rings is 1. The van der Waals surface area contributed by atoms with E-state index < -0.39 is 0 Å². The summed E-state index contributed by atoms with van der Waals surface area (Å²) in [5.74, 6) is 0. The van der Waals surface area contributed by atoms with Gasteiger partial charge in [-0.2, -0.15) is 0 Å². The van der Waals surface area contributed by atoms with Crippen molar-refractivity contribution in [3.63, 3.8) is 0 Å². The summed E-state index contributed by atoms with van der Waals surface area (Å²) in [6, 6.07) is 14.2. The van der Waals surface area contributed by atoms with Gasteiger partial charge in [-0.3, -0.25) is 0 Å². The summed E-state index contributed by atoms with van der Waals surface area (Å²) < 4.78 is 1.15. The average Bonchev–Trinajstić information content (AvgIpc) is 2.85. The number of thiophene rings is 1. The summed E-state index contributed by atoms with van der Waals surface area (Å²) >= 11 is 7.69. The average molecular weight is 275 g/mol. The lowest BCUT2D eigenvalue weighted by Gasteiger charge is -2.08. The SMILES string of the molecule is Clc1cc(NCc2ccccc2)c2sccc2n1. The number of hydrogen-bond acceptors (Lipinski definition) is 3. The number of halogens is 1. The smallest absolute Gasteiger partial charge is 0.131 e. The monoisotopic (exact) mass is 274 g/mol. The molecule has 0 amide bonds. The van der Waals surface area contributed by atoms with Crippen molar-refractivity contribution in [3.05, 3.63) is 58.6 Å². The van der Waals surface area contributed by atoms with Crippen LogP contribution in [0.5, 0.6) is 0 Å². The molecule has 18 heavy (non-hydrogen) atoms. The van der Waals surface area contributed by atoms with Crippen LogP contribution < -0.4 is 5.32 Å². The first-order chi connectivity index (χ1) is 8.83. The van der Waals surface area contributed by atoms with E-state index in [2.05, 4.69) is 22.4 Å². The van der Waals surface area contributed by atoms with E-state index in [1.165, 1.54) is 5.56 Å². The van der Waals surface area contributed by atoms with Crippen LogP contribution in [0.3, 0.4) is 0 Å². The number of rotatable bonds is 3. The number of hydrogen-bond donors (Lipinski definition) is 1. The van der Waals surface area contributed by atoms with Gasteiger partial charge in [0.2, 0.25) is 0 Å². The third-order valence-corrected chi connectivity index (χ3v) is 3.84. The Kier molecular flexibility index (Phi) is 3.17. The maximum absolute atomic E-state index is 6.02.